The Kier molecular flexibility index (Phi) is 20.5. The number of esters is 2. The largest absolute Gasteiger partial charge is 0.507 e. The van der Waals surface area contributed by atoms with Crippen LogP contribution in [0.5, 0.6) is 17.2 Å². The van der Waals surface area contributed by atoms with Crippen LogP contribution >= 0.6 is 0 Å². The van der Waals surface area contributed by atoms with Gasteiger partial charge in [-0.3, -0.25) is 19.2 Å². The van der Waals surface area contributed by atoms with E-state index in [0.717, 1.165) is 0 Å². The maximum absolute atomic E-state index is 15.1. The number of phenols is 2. The van der Waals surface area contributed by atoms with Crippen LogP contribution in [0.4, 0.5) is 0 Å². The molecule has 8 N–H and O–H groups in total. The molecule has 2 aromatic rings. The van der Waals surface area contributed by atoms with E-state index in [9.17, 15) is 55.2 Å². The van der Waals surface area contributed by atoms with E-state index in [0.29, 0.717) is 0 Å². The molecule has 26 nitrogen and oxygen atoms in total. The lowest BCUT2D eigenvalue weighted by Crippen LogP contribution is -2.59. The number of fused-ring (bicyclic) bond motifs is 2. The Morgan fingerprint density at radius 3 is 1.78 bits per heavy atom. The van der Waals surface area contributed by atoms with Crippen LogP contribution in [0.15, 0.2) is 12.1 Å². The van der Waals surface area contributed by atoms with Gasteiger partial charge >= 0.3 is 11.9 Å². The van der Waals surface area contributed by atoms with E-state index in [2.05, 4.69) is 0 Å². The second-order valence-corrected chi connectivity index (χ2v) is 23.1. The van der Waals surface area contributed by atoms with E-state index >= 15 is 4.79 Å². The Bertz CT molecular complexity index is 2620. The summed E-state index contributed by atoms with van der Waals surface area (Å²) in [5, 5.41) is 90.1. The van der Waals surface area contributed by atoms with Gasteiger partial charge < -0.3 is 107 Å². The number of Topliss-reactive ketones (excluding diaryl/α,β-unsaturated/α-hetero) is 2. The van der Waals surface area contributed by atoms with Gasteiger partial charge in [-0.15, -0.1) is 0 Å². The summed E-state index contributed by atoms with van der Waals surface area (Å²) in [5.74, 6) is -5.32. The molecule has 0 aromatic heterocycles. The fourth-order valence-electron chi connectivity index (χ4n) is 12.4. The molecule has 1 aliphatic carbocycles. The van der Waals surface area contributed by atoms with E-state index < -0.39 is 188 Å². The molecule has 0 bridgehead atoms. The Labute approximate surface area is 480 Å². The quantitative estimate of drug-likeness (QED) is 0.0982. The zero-order valence-corrected chi connectivity index (χ0v) is 48.7. The summed E-state index contributed by atoms with van der Waals surface area (Å²) < 4.78 is 84.2. The number of ketones is 2. The van der Waals surface area contributed by atoms with Crippen LogP contribution in [0.3, 0.4) is 0 Å². The van der Waals surface area contributed by atoms with Gasteiger partial charge in [-0.2, -0.15) is 0 Å². The number of aromatic hydroxyl groups is 2. The molecule has 0 saturated carbocycles. The highest BCUT2D eigenvalue weighted by Crippen LogP contribution is 2.48. The Morgan fingerprint density at radius 1 is 0.687 bits per heavy atom. The van der Waals surface area contributed by atoms with Crippen molar-refractivity contribution < 1.29 is 126 Å². The predicted molar refractivity (Wildman–Crippen MR) is 282 cm³/mol. The van der Waals surface area contributed by atoms with Crippen LogP contribution in [-0.4, -0.2) is 225 Å². The summed E-state index contributed by atoms with van der Waals surface area (Å²) >= 11 is 0. The van der Waals surface area contributed by atoms with Crippen molar-refractivity contribution in [3.8, 4) is 17.2 Å². The Hall–Kier alpha value is -4.30. The van der Waals surface area contributed by atoms with Gasteiger partial charge in [0.15, 0.2) is 48.9 Å². The summed E-state index contributed by atoms with van der Waals surface area (Å²) in [6.45, 7) is 14.8. The van der Waals surface area contributed by atoms with Gasteiger partial charge in [0.25, 0.3) is 0 Å². The van der Waals surface area contributed by atoms with Gasteiger partial charge in [0.1, 0.15) is 65.6 Å². The summed E-state index contributed by atoms with van der Waals surface area (Å²) in [5.41, 5.74) is -1.51. The van der Waals surface area contributed by atoms with Crippen LogP contribution in [0, 0.1) is 12.8 Å². The molecule has 5 aliphatic heterocycles. The number of ether oxygens (including phenoxy) is 14. The minimum Gasteiger partial charge on any atom is -0.507 e. The zero-order valence-electron chi connectivity index (χ0n) is 48.7. The predicted octanol–water partition coefficient (Wildman–Crippen LogP) is 1.55. The smallest absolute Gasteiger partial charge is 0.303 e. The topological polar surface area (TPSA) is 359 Å². The number of benzene rings is 2. The molecule has 0 radical (unpaired) electrons. The molecule has 83 heavy (non-hydrogen) atoms. The lowest BCUT2D eigenvalue weighted by Gasteiger charge is -2.46. The Morgan fingerprint density at radius 2 is 1.22 bits per heavy atom. The number of aliphatic hydroxyl groups is 6. The summed E-state index contributed by atoms with van der Waals surface area (Å²) in [6, 6.07) is 3.04. The summed E-state index contributed by atoms with van der Waals surface area (Å²) in [4.78, 5) is 53.2. The van der Waals surface area contributed by atoms with Crippen molar-refractivity contribution in [3.63, 3.8) is 0 Å². The Balaban J connectivity index is 1.04. The summed E-state index contributed by atoms with van der Waals surface area (Å²) in [7, 11) is 2.64. The highest BCUT2D eigenvalue weighted by Gasteiger charge is 2.52. The first-order valence-electron chi connectivity index (χ1n) is 28.2. The van der Waals surface area contributed by atoms with Gasteiger partial charge in [-0.25, -0.2) is 0 Å². The molecule has 0 spiro atoms. The number of carbonyl (C=O) groups is 4. The number of carbonyl (C=O) groups excluding carboxylic acids is 4. The highest BCUT2D eigenvalue weighted by atomic mass is 16.7. The molecule has 0 amide bonds. The number of hydrogen-bond acceptors (Lipinski definition) is 26. The maximum Gasteiger partial charge on any atom is 0.303 e. The van der Waals surface area contributed by atoms with Crippen molar-refractivity contribution >= 4 is 34.3 Å². The molecule has 466 valence electrons. The van der Waals surface area contributed by atoms with Gasteiger partial charge in [0.05, 0.1) is 65.9 Å². The van der Waals surface area contributed by atoms with Crippen molar-refractivity contribution in [2.45, 2.75) is 255 Å². The van der Waals surface area contributed by atoms with E-state index in [4.69, 9.17) is 66.3 Å². The fourth-order valence-corrected chi connectivity index (χ4v) is 12.4. The number of hydrogen-bond donors (Lipinski definition) is 8. The molecule has 6 aliphatic rings. The van der Waals surface area contributed by atoms with Crippen LogP contribution < -0.4 is 4.74 Å². The third-order valence-electron chi connectivity index (χ3n) is 16.6. The number of rotatable bonds is 18. The first-order valence-corrected chi connectivity index (χ1v) is 28.2. The van der Waals surface area contributed by atoms with Gasteiger partial charge in [0, 0.05) is 71.7 Å². The minimum atomic E-state index is -1.96. The second-order valence-electron chi connectivity index (χ2n) is 23.1. The normalized spacial score (nSPS) is 39.7. The van der Waals surface area contributed by atoms with E-state index in [1.54, 1.807) is 27.7 Å². The average molecular weight is 1180 g/mol. The lowest BCUT2D eigenvalue weighted by atomic mass is 9.75. The summed E-state index contributed by atoms with van der Waals surface area (Å²) in [6.07, 6.45) is -25.9. The lowest BCUT2D eigenvalue weighted by molar-refractivity contribution is -0.334. The molecule has 26 heteroatoms. The zero-order chi connectivity index (χ0) is 60.8. The number of phenolic OH excluding ortho intramolecular Hbond substituents is 2. The minimum absolute atomic E-state index is 0.0251. The van der Waals surface area contributed by atoms with Crippen LogP contribution in [-0.2, 0) is 82.4 Å². The van der Waals surface area contributed by atoms with Crippen molar-refractivity contribution in [2.24, 2.45) is 5.92 Å². The van der Waals surface area contributed by atoms with E-state index in [-0.39, 0.29) is 71.7 Å². The maximum atomic E-state index is 15.1. The first-order chi connectivity index (χ1) is 39.0. The van der Waals surface area contributed by atoms with Gasteiger partial charge in [0.2, 0.25) is 6.29 Å². The van der Waals surface area contributed by atoms with E-state index in [1.807, 2.05) is 0 Å². The van der Waals surface area contributed by atoms with Gasteiger partial charge in [-0.05, 0) is 84.9 Å². The van der Waals surface area contributed by atoms with Crippen LogP contribution in [0.25, 0.3) is 10.8 Å². The molecule has 5 saturated heterocycles. The molecular weight excluding hydrogens is 1100 g/mol. The third kappa shape index (κ3) is 13.9. The molecule has 5 fully saturated rings. The van der Waals surface area contributed by atoms with Crippen molar-refractivity contribution in [1.82, 2.24) is 0 Å². The van der Waals surface area contributed by atoms with E-state index in [1.165, 1.54) is 67.9 Å². The molecule has 0 unspecified atom stereocenters. The van der Waals surface area contributed by atoms with Crippen molar-refractivity contribution in [3.05, 3.63) is 28.8 Å². The SMILES string of the molecule is CO[C@H]1[C@H](O)C[C@H](O[C@@H]2C[C@H](Oc3cc4cc5c(c(O)c4c(O)c3C)C(=O)[C@@H](O[C@H]3C[C@@H](O[C@H]4C[C@@H](O[C@H]6C[C@@](C)(O)[C@H](OC(C)=O)[C@@H](C)O6)[C@H](O)[C@@H](C)O4)[C@H](O)[C@@H](C)O3)[C@H]([C@H](OC)C(=O)[C@H](O)[C@@H](C)O)C5)O[C@H](C)[C@H]2OC(C)=O)O[C@@H]1C. The standard InChI is InChI=1S/C57H82O26/c1-21-34(79-40-19-37(53(26(6)75-40)77-28(8)59)82-38-16-33(61)52(70-11)25(5)74-38)15-31-13-30-14-32(54(71-12)51(68)46(63)22(2)58)55(50(67)44(30)49(66)43(31)45(21)62)83-41-18-35(47(64)24(4)73-41)80-39-17-36(48(65)23(3)72-39)81-42-20-57(10,69)56(27(7)76-42)78-29(9)60/h13,15,22-27,32-33,35-42,46-48,52-56,58,61-66,69H,14,16-20H2,1-12H3/t22-,23-,24-,25-,26-,27-,32+,33-,35-,36-,37-,38+,39+,40+,41+,42+,46-,47-,48-,52-,53-,54+,55+,56-,57-/m1/s1. The highest BCUT2D eigenvalue weighted by molar-refractivity contribution is 6.11. The molecule has 5 heterocycles. The van der Waals surface area contributed by atoms with Crippen LogP contribution in [0.2, 0.25) is 0 Å². The molecule has 2 aromatic carbocycles. The third-order valence-corrected chi connectivity index (χ3v) is 16.6. The number of methoxy groups -OCH3 is 2. The monoisotopic (exact) mass is 1180 g/mol. The average Bonchev–Trinajstić information content (AvgIpc) is 3.47. The first kappa shape index (κ1) is 64.7. The number of aliphatic hydroxyl groups excluding tert-OH is 5. The second kappa shape index (κ2) is 26.4. The molecular formula is C57H82O26. The molecule has 8 rings (SSSR count). The van der Waals surface area contributed by atoms with Crippen molar-refractivity contribution in [2.75, 3.05) is 14.2 Å². The molecule has 25 atom stereocenters. The van der Waals surface area contributed by atoms with Crippen molar-refractivity contribution in [1.29, 1.82) is 0 Å². The van der Waals surface area contributed by atoms with Crippen LogP contribution in [0.1, 0.15) is 116 Å². The fraction of sp³-hybridized carbons (Fsp3) is 0.754. The van der Waals surface area contributed by atoms with Gasteiger partial charge in [-0.1, -0.05) is 0 Å².